The molecule has 0 aromatic heterocycles. The number of carbonyl (C=O) groups is 1. The van der Waals surface area contributed by atoms with E-state index in [1.807, 2.05) is 0 Å². The van der Waals surface area contributed by atoms with Crippen molar-refractivity contribution in [3.05, 3.63) is 0 Å². The number of carbonyl (C=O) groups excluding carboxylic acids is 1. The zero-order valence-electron chi connectivity index (χ0n) is 8.79. The molecule has 0 aromatic carbocycles. The van der Waals surface area contributed by atoms with Gasteiger partial charge in [0.05, 0.1) is 0 Å². The largest absolute Gasteiger partial charge is 0.411 e. The standard InChI is InChI=1S/C9H15F3N2O2/c10-9(11,12)6-16-5-8(15)14-2-1-7(3-13)4-14/h7H,1-6,13H2. The molecule has 94 valence electrons. The van der Waals surface area contributed by atoms with Crippen LogP contribution in [-0.2, 0) is 9.53 Å². The fourth-order valence-electron chi connectivity index (χ4n) is 1.60. The van der Waals surface area contributed by atoms with Gasteiger partial charge in [-0.15, -0.1) is 0 Å². The van der Waals surface area contributed by atoms with Gasteiger partial charge in [-0.3, -0.25) is 4.79 Å². The number of halogens is 3. The van der Waals surface area contributed by atoms with Gasteiger partial charge in [-0.25, -0.2) is 0 Å². The lowest BCUT2D eigenvalue weighted by molar-refractivity contribution is -0.177. The molecule has 1 aliphatic heterocycles. The number of nitrogens with zero attached hydrogens (tertiary/aromatic N) is 1. The Morgan fingerprint density at radius 1 is 1.50 bits per heavy atom. The summed E-state index contributed by atoms with van der Waals surface area (Å²) < 4.78 is 39.5. The molecule has 0 bridgehead atoms. The second kappa shape index (κ2) is 5.49. The average Bonchev–Trinajstić information content (AvgIpc) is 2.63. The lowest BCUT2D eigenvalue weighted by Crippen LogP contribution is -2.34. The maximum Gasteiger partial charge on any atom is 0.411 e. The Balaban J connectivity index is 2.21. The van der Waals surface area contributed by atoms with Crippen LogP contribution in [0.25, 0.3) is 0 Å². The van der Waals surface area contributed by atoms with Gasteiger partial charge in [-0.1, -0.05) is 0 Å². The quantitative estimate of drug-likeness (QED) is 0.772. The summed E-state index contributed by atoms with van der Waals surface area (Å²) in [5.74, 6) is -0.147. The molecule has 0 aromatic rings. The second-order valence-electron chi connectivity index (χ2n) is 3.84. The highest BCUT2D eigenvalue weighted by Crippen LogP contribution is 2.16. The second-order valence-corrected chi connectivity index (χ2v) is 3.84. The van der Waals surface area contributed by atoms with Crippen molar-refractivity contribution in [2.45, 2.75) is 12.6 Å². The molecule has 16 heavy (non-hydrogen) atoms. The van der Waals surface area contributed by atoms with Crippen molar-refractivity contribution in [3.63, 3.8) is 0 Å². The van der Waals surface area contributed by atoms with Crippen molar-refractivity contribution in [3.8, 4) is 0 Å². The van der Waals surface area contributed by atoms with Gasteiger partial charge in [0.25, 0.3) is 0 Å². The number of rotatable bonds is 4. The third-order valence-corrected chi connectivity index (χ3v) is 2.46. The third kappa shape index (κ3) is 4.36. The molecule has 0 aliphatic carbocycles. The molecule has 2 N–H and O–H groups in total. The predicted molar refractivity (Wildman–Crippen MR) is 50.6 cm³/mol. The molecule has 1 fully saturated rings. The fourth-order valence-corrected chi connectivity index (χ4v) is 1.60. The molecule has 1 unspecified atom stereocenters. The summed E-state index contributed by atoms with van der Waals surface area (Å²) in [6.07, 6.45) is -3.58. The van der Waals surface area contributed by atoms with Crippen LogP contribution in [0.1, 0.15) is 6.42 Å². The first-order valence-corrected chi connectivity index (χ1v) is 5.04. The number of hydrogen-bond acceptors (Lipinski definition) is 3. The smallest absolute Gasteiger partial charge is 0.362 e. The van der Waals surface area contributed by atoms with Crippen LogP contribution in [0.3, 0.4) is 0 Å². The van der Waals surface area contributed by atoms with Crippen LogP contribution in [0.5, 0.6) is 0 Å². The highest BCUT2D eigenvalue weighted by atomic mass is 19.4. The topological polar surface area (TPSA) is 55.6 Å². The minimum absolute atomic E-state index is 0.256. The monoisotopic (exact) mass is 240 g/mol. The molecule has 0 saturated carbocycles. The number of hydrogen-bond donors (Lipinski definition) is 1. The molecule has 1 amide bonds. The van der Waals surface area contributed by atoms with E-state index in [-0.39, 0.29) is 5.92 Å². The summed E-state index contributed by atoms with van der Waals surface area (Å²) in [5, 5.41) is 0. The van der Waals surface area contributed by atoms with E-state index in [9.17, 15) is 18.0 Å². The summed E-state index contributed by atoms with van der Waals surface area (Å²) in [5.41, 5.74) is 5.44. The lowest BCUT2D eigenvalue weighted by Gasteiger charge is -2.16. The van der Waals surface area contributed by atoms with Gasteiger partial charge in [0, 0.05) is 13.1 Å². The van der Waals surface area contributed by atoms with Crippen molar-refractivity contribution in [1.29, 1.82) is 0 Å². The van der Waals surface area contributed by atoms with E-state index in [2.05, 4.69) is 4.74 Å². The Morgan fingerprint density at radius 2 is 2.19 bits per heavy atom. The van der Waals surface area contributed by atoms with Crippen LogP contribution in [0.2, 0.25) is 0 Å². The summed E-state index contributed by atoms with van der Waals surface area (Å²) in [6, 6.07) is 0. The molecule has 1 heterocycles. The van der Waals surface area contributed by atoms with Crippen molar-refractivity contribution in [2.75, 3.05) is 32.8 Å². The maximum atomic E-state index is 11.7. The first kappa shape index (κ1) is 13.2. The maximum absolute atomic E-state index is 11.7. The van der Waals surface area contributed by atoms with E-state index in [1.165, 1.54) is 4.90 Å². The van der Waals surface area contributed by atoms with Crippen LogP contribution in [0, 0.1) is 5.92 Å². The van der Waals surface area contributed by atoms with E-state index in [4.69, 9.17) is 5.73 Å². The highest BCUT2D eigenvalue weighted by Gasteiger charge is 2.29. The molecule has 1 atom stereocenters. The van der Waals surface area contributed by atoms with E-state index in [0.717, 1.165) is 6.42 Å². The number of alkyl halides is 3. The van der Waals surface area contributed by atoms with Crippen LogP contribution < -0.4 is 5.73 Å². The first-order valence-electron chi connectivity index (χ1n) is 5.04. The van der Waals surface area contributed by atoms with Crippen LogP contribution >= 0.6 is 0 Å². The Hall–Kier alpha value is -0.820. The minimum atomic E-state index is -4.38. The lowest BCUT2D eigenvalue weighted by atomic mass is 10.1. The molecule has 1 aliphatic rings. The van der Waals surface area contributed by atoms with Gasteiger partial charge in [-0.05, 0) is 18.9 Å². The van der Waals surface area contributed by atoms with Gasteiger partial charge in [0.15, 0.2) is 0 Å². The predicted octanol–water partition coefficient (Wildman–Crippen LogP) is 0.372. The molecule has 1 saturated heterocycles. The molecule has 4 nitrogen and oxygen atoms in total. The summed E-state index contributed by atoms with van der Waals surface area (Å²) >= 11 is 0. The molecule has 7 heteroatoms. The average molecular weight is 240 g/mol. The van der Waals surface area contributed by atoms with Crippen LogP contribution in [-0.4, -0.2) is 49.8 Å². The van der Waals surface area contributed by atoms with E-state index in [1.54, 1.807) is 0 Å². The van der Waals surface area contributed by atoms with Gasteiger partial charge in [0.1, 0.15) is 13.2 Å². The van der Waals surface area contributed by atoms with Crippen molar-refractivity contribution in [2.24, 2.45) is 11.7 Å². The minimum Gasteiger partial charge on any atom is -0.362 e. The highest BCUT2D eigenvalue weighted by molar-refractivity contribution is 5.77. The van der Waals surface area contributed by atoms with Crippen LogP contribution in [0.4, 0.5) is 13.2 Å². The number of amides is 1. The summed E-state index contributed by atoms with van der Waals surface area (Å²) in [6.45, 7) is -0.336. The van der Waals surface area contributed by atoms with Gasteiger partial charge >= 0.3 is 6.18 Å². The Kier molecular flexibility index (Phi) is 4.55. The number of likely N-dealkylation sites (tertiary alicyclic amines) is 1. The van der Waals surface area contributed by atoms with Gasteiger partial charge in [-0.2, -0.15) is 13.2 Å². The SMILES string of the molecule is NCC1CCN(C(=O)COCC(F)(F)F)C1. The summed E-state index contributed by atoms with van der Waals surface area (Å²) in [4.78, 5) is 12.9. The zero-order valence-corrected chi connectivity index (χ0v) is 8.79. The van der Waals surface area contributed by atoms with Crippen molar-refractivity contribution >= 4 is 5.91 Å². The summed E-state index contributed by atoms with van der Waals surface area (Å²) in [7, 11) is 0. The van der Waals surface area contributed by atoms with Crippen molar-refractivity contribution < 1.29 is 22.7 Å². The third-order valence-electron chi connectivity index (χ3n) is 2.46. The van der Waals surface area contributed by atoms with Gasteiger partial charge < -0.3 is 15.4 Å². The fraction of sp³-hybridized carbons (Fsp3) is 0.889. The first-order chi connectivity index (χ1) is 7.42. The van der Waals surface area contributed by atoms with E-state index < -0.39 is 25.3 Å². The normalized spacial score (nSPS) is 21.5. The molecular formula is C9H15F3N2O2. The van der Waals surface area contributed by atoms with Gasteiger partial charge in [0.2, 0.25) is 5.91 Å². The molecular weight excluding hydrogens is 225 g/mol. The van der Waals surface area contributed by atoms with E-state index >= 15 is 0 Å². The Labute approximate surface area is 91.5 Å². The van der Waals surface area contributed by atoms with E-state index in [0.29, 0.717) is 19.6 Å². The zero-order chi connectivity index (χ0) is 12.2. The number of nitrogens with two attached hydrogens (primary N) is 1. The van der Waals surface area contributed by atoms with Crippen LogP contribution in [0.15, 0.2) is 0 Å². The molecule has 1 rings (SSSR count). The Morgan fingerprint density at radius 3 is 2.69 bits per heavy atom. The molecule has 0 spiro atoms. The Bertz CT molecular complexity index is 245. The number of ether oxygens (including phenoxy) is 1. The molecule has 0 radical (unpaired) electrons. The van der Waals surface area contributed by atoms with Crippen molar-refractivity contribution in [1.82, 2.24) is 4.90 Å².